The fourth-order valence-electron chi connectivity index (χ4n) is 2.19. The molecule has 0 spiro atoms. The summed E-state index contributed by atoms with van der Waals surface area (Å²) in [5, 5.41) is 3.45. The van der Waals surface area contributed by atoms with E-state index >= 15 is 0 Å². The number of rotatable bonds is 6. The van der Waals surface area contributed by atoms with E-state index in [0.717, 1.165) is 19.6 Å². The second kappa shape index (κ2) is 6.83. The highest BCUT2D eigenvalue weighted by molar-refractivity contribution is 5.49. The molecule has 0 aliphatic carbocycles. The van der Waals surface area contributed by atoms with Crippen LogP contribution in [0.4, 0.5) is 11.4 Å². The van der Waals surface area contributed by atoms with Crippen molar-refractivity contribution in [2.45, 2.75) is 13.8 Å². The van der Waals surface area contributed by atoms with Crippen LogP contribution in [0.3, 0.4) is 0 Å². The van der Waals surface area contributed by atoms with Crippen molar-refractivity contribution in [3.8, 4) is 0 Å². The van der Waals surface area contributed by atoms with Crippen LogP contribution in [0, 0.1) is 6.92 Å². The molecule has 0 aromatic heterocycles. The molecule has 0 atom stereocenters. The predicted octanol–water partition coefficient (Wildman–Crippen LogP) is 3.93. The molecule has 0 aliphatic heterocycles. The SMILES string of the molecule is CCN(CCNc1ccccc1)c1cccc(C)c1. The first kappa shape index (κ1) is 13.5. The summed E-state index contributed by atoms with van der Waals surface area (Å²) in [5.41, 5.74) is 3.80. The van der Waals surface area contributed by atoms with E-state index in [-0.39, 0.29) is 0 Å². The maximum atomic E-state index is 3.45. The van der Waals surface area contributed by atoms with Crippen LogP contribution < -0.4 is 10.2 Å². The third-order valence-electron chi connectivity index (χ3n) is 3.23. The van der Waals surface area contributed by atoms with Gasteiger partial charge in [-0.05, 0) is 43.7 Å². The van der Waals surface area contributed by atoms with Crippen molar-refractivity contribution in [3.05, 3.63) is 60.2 Å². The van der Waals surface area contributed by atoms with Crippen LogP contribution in [0.15, 0.2) is 54.6 Å². The molecule has 2 heteroatoms. The van der Waals surface area contributed by atoms with Gasteiger partial charge in [0.2, 0.25) is 0 Å². The number of likely N-dealkylation sites (N-methyl/N-ethyl adjacent to an activating group) is 1. The van der Waals surface area contributed by atoms with Crippen LogP contribution in [0.5, 0.6) is 0 Å². The Balaban J connectivity index is 1.89. The molecule has 0 amide bonds. The van der Waals surface area contributed by atoms with E-state index in [9.17, 15) is 0 Å². The second-order valence-electron chi connectivity index (χ2n) is 4.71. The van der Waals surface area contributed by atoms with Gasteiger partial charge < -0.3 is 10.2 Å². The third kappa shape index (κ3) is 4.02. The van der Waals surface area contributed by atoms with Crippen LogP contribution in [0.1, 0.15) is 12.5 Å². The summed E-state index contributed by atoms with van der Waals surface area (Å²) in [6.45, 7) is 7.32. The van der Waals surface area contributed by atoms with Crippen LogP contribution in [0.25, 0.3) is 0 Å². The molecule has 0 saturated heterocycles. The zero-order valence-electron chi connectivity index (χ0n) is 11.8. The molecule has 2 rings (SSSR count). The molecule has 19 heavy (non-hydrogen) atoms. The van der Waals surface area contributed by atoms with Gasteiger partial charge in [-0.1, -0.05) is 30.3 Å². The molecule has 0 aliphatic rings. The molecule has 0 fully saturated rings. The highest BCUT2D eigenvalue weighted by Gasteiger charge is 2.03. The van der Waals surface area contributed by atoms with Gasteiger partial charge in [0.1, 0.15) is 0 Å². The summed E-state index contributed by atoms with van der Waals surface area (Å²) < 4.78 is 0. The largest absolute Gasteiger partial charge is 0.383 e. The quantitative estimate of drug-likeness (QED) is 0.840. The Hall–Kier alpha value is -1.96. The van der Waals surface area contributed by atoms with Crippen molar-refractivity contribution in [1.29, 1.82) is 0 Å². The van der Waals surface area contributed by atoms with Crippen molar-refractivity contribution in [2.24, 2.45) is 0 Å². The third-order valence-corrected chi connectivity index (χ3v) is 3.23. The minimum absolute atomic E-state index is 0.950. The minimum Gasteiger partial charge on any atom is -0.383 e. The summed E-state index contributed by atoms with van der Waals surface area (Å²) in [7, 11) is 0. The molecular weight excluding hydrogens is 232 g/mol. The van der Waals surface area contributed by atoms with Gasteiger partial charge in [-0.3, -0.25) is 0 Å². The lowest BCUT2D eigenvalue weighted by atomic mass is 10.2. The Morgan fingerprint density at radius 3 is 2.47 bits per heavy atom. The van der Waals surface area contributed by atoms with E-state index in [1.807, 2.05) is 6.07 Å². The monoisotopic (exact) mass is 254 g/mol. The van der Waals surface area contributed by atoms with Gasteiger partial charge in [0.05, 0.1) is 0 Å². The maximum Gasteiger partial charge on any atom is 0.0369 e. The Labute approximate surface area is 116 Å². The number of hydrogen-bond acceptors (Lipinski definition) is 2. The zero-order valence-corrected chi connectivity index (χ0v) is 11.8. The average molecular weight is 254 g/mol. The van der Waals surface area contributed by atoms with E-state index in [1.165, 1.54) is 16.9 Å². The zero-order chi connectivity index (χ0) is 13.5. The standard InChI is InChI=1S/C17H22N2/c1-3-19(17-11-7-8-15(2)14-17)13-12-18-16-9-5-4-6-10-16/h4-11,14,18H,3,12-13H2,1-2H3. The van der Waals surface area contributed by atoms with Gasteiger partial charge >= 0.3 is 0 Å². The molecule has 2 aromatic carbocycles. The number of nitrogens with zero attached hydrogens (tertiary/aromatic N) is 1. The first-order valence-corrected chi connectivity index (χ1v) is 6.90. The molecule has 0 saturated carbocycles. The van der Waals surface area contributed by atoms with Crippen molar-refractivity contribution < 1.29 is 0 Å². The van der Waals surface area contributed by atoms with Gasteiger partial charge in [-0.2, -0.15) is 0 Å². The number of benzene rings is 2. The fourth-order valence-corrected chi connectivity index (χ4v) is 2.19. The summed E-state index contributed by atoms with van der Waals surface area (Å²) in [5.74, 6) is 0. The molecule has 2 aromatic rings. The van der Waals surface area contributed by atoms with Gasteiger partial charge in [0.25, 0.3) is 0 Å². The number of nitrogens with one attached hydrogen (secondary N) is 1. The average Bonchev–Trinajstić information content (AvgIpc) is 2.45. The van der Waals surface area contributed by atoms with E-state index < -0.39 is 0 Å². The van der Waals surface area contributed by atoms with E-state index in [0.29, 0.717) is 0 Å². The molecule has 0 bridgehead atoms. The molecule has 2 nitrogen and oxygen atoms in total. The van der Waals surface area contributed by atoms with Crippen LogP contribution in [-0.2, 0) is 0 Å². The highest BCUT2D eigenvalue weighted by Crippen LogP contribution is 2.15. The number of anilines is 2. The predicted molar refractivity (Wildman–Crippen MR) is 84.0 cm³/mol. The molecule has 100 valence electrons. The summed E-state index contributed by atoms with van der Waals surface area (Å²) in [6.07, 6.45) is 0. The van der Waals surface area contributed by atoms with Crippen molar-refractivity contribution in [3.63, 3.8) is 0 Å². The molecule has 0 heterocycles. The first-order valence-electron chi connectivity index (χ1n) is 6.90. The van der Waals surface area contributed by atoms with Gasteiger partial charge in [0.15, 0.2) is 0 Å². The van der Waals surface area contributed by atoms with E-state index in [2.05, 4.69) is 72.6 Å². The molecule has 0 radical (unpaired) electrons. The van der Waals surface area contributed by atoms with Gasteiger partial charge in [-0.15, -0.1) is 0 Å². The maximum absolute atomic E-state index is 3.45. The van der Waals surface area contributed by atoms with Crippen molar-refractivity contribution >= 4 is 11.4 Å². The fraction of sp³-hybridized carbons (Fsp3) is 0.294. The Morgan fingerprint density at radius 1 is 1.00 bits per heavy atom. The van der Waals surface area contributed by atoms with Crippen LogP contribution in [0.2, 0.25) is 0 Å². The van der Waals surface area contributed by atoms with Crippen molar-refractivity contribution in [2.75, 3.05) is 29.9 Å². The molecular formula is C17H22N2. The molecule has 0 unspecified atom stereocenters. The van der Waals surface area contributed by atoms with Crippen LogP contribution in [-0.4, -0.2) is 19.6 Å². The smallest absolute Gasteiger partial charge is 0.0369 e. The normalized spacial score (nSPS) is 10.2. The lowest BCUT2D eigenvalue weighted by Gasteiger charge is -2.24. The number of hydrogen-bond donors (Lipinski definition) is 1. The lowest BCUT2D eigenvalue weighted by Crippen LogP contribution is -2.28. The van der Waals surface area contributed by atoms with Crippen LogP contribution >= 0.6 is 0 Å². The Kier molecular flexibility index (Phi) is 4.85. The molecule has 1 N–H and O–H groups in total. The first-order chi connectivity index (χ1) is 9.29. The number of para-hydroxylation sites is 1. The highest BCUT2D eigenvalue weighted by atomic mass is 15.1. The Bertz CT molecular complexity index is 494. The van der Waals surface area contributed by atoms with Gasteiger partial charge in [-0.25, -0.2) is 0 Å². The summed E-state index contributed by atoms with van der Waals surface area (Å²) in [4.78, 5) is 2.39. The van der Waals surface area contributed by atoms with Gasteiger partial charge in [0, 0.05) is 31.0 Å². The lowest BCUT2D eigenvalue weighted by molar-refractivity contribution is 0.835. The summed E-state index contributed by atoms with van der Waals surface area (Å²) in [6, 6.07) is 19.0. The topological polar surface area (TPSA) is 15.3 Å². The number of aryl methyl sites for hydroxylation is 1. The van der Waals surface area contributed by atoms with E-state index in [4.69, 9.17) is 0 Å². The Morgan fingerprint density at radius 2 is 1.79 bits per heavy atom. The van der Waals surface area contributed by atoms with E-state index in [1.54, 1.807) is 0 Å². The van der Waals surface area contributed by atoms with Crippen molar-refractivity contribution in [1.82, 2.24) is 0 Å². The summed E-state index contributed by atoms with van der Waals surface area (Å²) >= 11 is 0. The second-order valence-corrected chi connectivity index (χ2v) is 4.71. The minimum atomic E-state index is 0.950.